The van der Waals surface area contributed by atoms with E-state index < -0.39 is 54.3 Å². The molecule has 0 saturated carbocycles. The first-order valence-electron chi connectivity index (χ1n) is 36.8. The molecule has 2 aliphatic rings. The minimum absolute atomic E-state index is 0. The standard InChI is InChI=1S/C14H12Cl2N2O2.C14H12N2O2S.C13H12N2O2.C11H15N3O3.C7H8N2O5S.C6H7N3O2.C5H10N2O2.C4H10N2O5S.C2H6N2O2.CH4N2O2.2Na/c1-20-17-14(19)18(12-6-2-10(15)3-7-12)13-8-4-11(16)5-9-13;1-15(18)14(17)16-10-6-2-4-8-12(10)19-13-9-5-3-7-11(13)16;16-13(14-17)15(11-7-3-1-4-8-11)12-9-5-2-6-10-12;1-13(2)10(15)8-5-4-6-9(7-8)12-11(16)14(3)17;10-7(9-11)8-5-1-3-6(4-2-5)15-14-13-12;10-6(9-11)8-5-3-1-2-4-7-5;8-5(6-9)7-3-1-2-4-7;1-6(8)4(7)5-2-3-12-11-10-9;1-3-2(5)4-6;2-1(4)3-5;;/h2-9H,1H3,(H,17,19);2-9,18H,1H3;1-10,17H,(H,14,16);4-7,17H,1-3H3,(H,12,16);1-4,11-12H,(H2,8,9,10);1-4,11H,(H2,7,8,9,10);9H,1-4H2,(H,6,8);8-9H,2-3H2,1H3,(H,5,7);6H,1H3,(H2,3,4,5);5H,(H3,2,3,4);;/q;;;;;;;;;;2*+1/p-2. The van der Waals surface area contributed by atoms with Crippen molar-refractivity contribution in [2.24, 2.45) is 5.73 Å². The molecular weight excluding hydrogens is 1880 g/mol. The Bertz CT molecular complexity index is 4780. The summed E-state index contributed by atoms with van der Waals surface area (Å²) in [5, 5.41) is 114. The molecule has 0 aliphatic carbocycles. The van der Waals surface area contributed by atoms with Crippen molar-refractivity contribution in [3.8, 4) is 0 Å². The van der Waals surface area contributed by atoms with Crippen molar-refractivity contribution in [3.05, 3.63) is 246 Å². The van der Waals surface area contributed by atoms with E-state index in [0.29, 0.717) is 81.4 Å². The Labute approximate surface area is 826 Å². The number of primary amides is 1. The molecule has 3 heterocycles. The average Bonchev–Trinajstić information content (AvgIpc) is 0.985. The van der Waals surface area contributed by atoms with Gasteiger partial charge in [0.1, 0.15) is 5.82 Å². The third kappa shape index (κ3) is 48.9. The van der Waals surface area contributed by atoms with Gasteiger partial charge in [-0.25, -0.2) is 106 Å². The zero-order valence-electron chi connectivity index (χ0n) is 72.1. The topological polar surface area (TPSA) is 671 Å². The van der Waals surface area contributed by atoms with E-state index in [1.807, 2.05) is 84.9 Å². The molecule has 0 radical (unpaired) electrons. The van der Waals surface area contributed by atoms with Crippen LogP contribution in [-0.4, -0.2) is 218 Å². The largest absolute Gasteiger partial charge is 1.00 e. The van der Waals surface area contributed by atoms with Gasteiger partial charge in [-0.3, -0.25) is 86.6 Å². The zero-order chi connectivity index (χ0) is 97.6. The maximum Gasteiger partial charge on any atom is 1.00 e. The second kappa shape index (κ2) is 70.8. The van der Waals surface area contributed by atoms with Gasteiger partial charge in [0.15, 0.2) is 0 Å². The van der Waals surface area contributed by atoms with Gasteiger partial charge in [0.2, 0.25) is 0 Å². The number of amides is 21. The van der Waals surface area contributed by atoms with Crippen LogP contribution < -0.4 is 155 Å². The van der Waals surface area contributed by atoms with Gasteiger partial charge in [-0.15, -0.1) is 0 Å². The first kappa shape index (κ1) is 121. The number of likely N-dealkylation sites (tertiary alicyclic amines) is 1. The van der Waals surface area contributed by atoms with Crippen LogP contribution in [-0.2, 0) is 23.6 Å². The van der Waals surface area contributed by atoms with Crippen LogP contribution >= 0.6 is 59.0 Å². The minimum Gasteiger partial charge on any atom is -0.691 e. The number of fused-ring (bicyclic) bond motifs is 2. The fraction of sp³-hybridized carbons (Fsp3) is 0.169. The summed E-state index contributed by atoms with van der Waals surface area (Å²) in [6, 6.07) is 59.0. The number of nitrogens with zero attached hydrogens (tertiary/aromatic N) is 9. The van der Waals surface area contributed by atoms with E-state index in [4.69, 9.17) is 64.9 Å². The number of rotatable bonds is 17. The Balaban J connectivity index is 0.00000148. The van der Waals surface area contributed by atoms with Gasteiger partial charge in [-0.2, -0.15) is 8.67 Å². The molecule has 133 heavy (non-hydrogen) atoms. The molecule has 1 fully saturated rings. The third-order valence-electron chi connectivity index (χ3n) is 15.0. The monoisotopic (exact) mass is 1970 g/mol. The van der Waals surface area contributed by atoms with Crippen LogP contribution in [0.2, 0.25) is 10.0 Å². The predicted molar refractivity (Wildman–Crippen MR) is 472 cm³/mol. The first-order chi connectivity index (χ1) is 62.7. The van der Waals surface area contributed by atoms with Crippen molar-refractivity contribution in [2.75, 3.05) is 105 Å². The summed E-state index contributed by atoms with van der Waals surface area (Å²) in [4.78, 5) is 139. The molecule has 21 amide bonds. The number of carbonyl (C=O) groups excluding carboxylic acids is 11. The van der Waals surface area contributed by atoms with Crippen molar-refractivity contribution in [1.29, 1.82) is 0 Å². The molecule has 0 atom stereocenters. The van der Waals surface area contributed by atoms with Crippen LogP contribution in [0, 0.1) is 0 Å². The second-order valence-corrected chi connectivity index (χ2v) is 27.8. The van der Waals surface area contributed by atoms with Crippen molar-refractivity contribution in [2.45, 2.75) is 27.5 Å². The van der Waals surface area contributed by atoms with Crippen LogP contribution in [0.4, 0.5) is 99.3 Å². The van der Waals surface area contributed by atoms with E-state index in [1.54, 1.807) is 181 Å². The third-order valence-corrected chi connectivity index (χ3v) is 17.7. The molecule has 0 bridgehead atoms. The Morgan fingerprint density at radius 2 is 0.970 bits per heavy atom. The predicted octanol–water partition coefficient (Wildman–Crippen LogP) is 4.74. The van der Waals surface area contributed by atoms with E-state index in [-0.39, 0.29) is 77.6 Å². The molecule has 49 nitrogen and oxygen atoms in total. The summed E-state index contributed by atoms with van der Waals surface area (Å²) in [7, 11) is 9.81. The van der Waals surface area contributed by atoms with Crippen LogP contribution in [0.1, 0.15) is 23.2 Å². The summed E-state index contributed by atoms with van der Waals surface area (Å²) < 4.78 is 7.99. The SMILES string of the molecule is CN(C)C(=O)c1cccc(NC(=O)N(C)O)c1.CN(O)C(=O)N1c2ccccc2Sc2ccccc21.CN(O)C(=O)NCCSOO[O-].CNC(=O)NO.CONC(=O)N(c1ccc(Cl)cc1)c1ccc(Cl)cc1.NC(=O)NO.O=C(NO)N(c1ccccc1)c1ccccc1.O=C(NO)N1CCCC1.O=C(NO)Nc1ccc(SOO[O-])cc1.O=C(NO)Nc1ccccn1.[Na+].[Na+]. The van der Waals surface area contributed by atoms with Gasteiger partial charge in [0, 0.05) is 128 Å². The molecule has 56 heteroatoms. The number of halogens is 2. The summed E-state index contributed by atoms with van der Waals surface area (Å²) in [6.45, 7) is 1.80. The van der Waals surface area contributed by atoms with Crippen LogP contribution in [0.25, 0.3) is 0 Å². The quantitative estimate of drug-likeness (QED) is 0.0146. The van der Waals surface area contributed by atoms with Crippen LogP contribution in [0.3, 0.4) is 0 Å². The summed E-state index contributed by atoms with van der Waals surface area (Å²) >= 11 is 14.8. The van der Waals surface area contributed by atoms with Crippen molar-refractivity contribution in [1.82, 2.24) is 79.0 Å². The molecule has 708 valence electrons. The number of hydroxylamine groups is 13. The Hall–Kier alpha value is -11.9. The molecule has 2 aliphatic heterocycles. The molecule has 1 saturated heterocycles. The maximum atomic E-state index is 12.2. The average molecular weight is 1970 g/mol. The smallest absolute Gasteiger partial charge is 0.691 e. The van der Waals surface area contributed by atoms with Gasteiger partial charge in [-0.05, 0) is 165 Å². The van der Waals surface area contributed by atoms with Crippen molar-refractivity contribution in [3.63, 3.8) is 0 Å². The molecule has 8 aromatic carbocycles. The maximum absolute atomic E-state index is 12.2. The zero-order valence-corrected chi connectivity index (χ0v) is 80.1. The second-order valence-electron chi connectivity index (χ2n) is 24.3. The molecule has 11 rings (SSSR count). The number of para-hydroxylation sites is 4. The number of nitrogens with two attached hydrogens (primary N) is 1. The van der Waals surface area contributed by atoms with Crippen LogP contribution in [0.15, 0.2) is 245 Å². The number of anilines is 9. The Morgan fingerprint density at radius 1 is 0.504 bits per heavy atom. The van der Waals surface area contributed by atoms with E-state index in [2.05, 4.69) is 66.4 Å². The molecule has 23 N–H and O–H groups in total. The van der Waals surface area contributed by atoms with Gasteiger partial charge < -0.3 is 47.3 Å². The molecule has 0 spiro atoms. The summed E-state index contributed by atoms with van der Waals surface area (Å²) in [5.74, 6) is 0.583. The number of carbonyl (C=O) groups is 11. The number of urea groups is 10. The fourth-order valence-corrected chi connectivity index (χ4v) is 11.3. The van der Waals surface area contributed by atoms with E-state index >= 15 is 0 Å². The van der Waals surface area contributed by atoms with Gasteiger partial charge in [-0.1, -0.05) is 108 Å². The van der Waals surface area contributed by atoms with Gasteiger partial charge in [0.25, 0.3) is 5.91 Å². The molecule has 1 aromatic heterocycles. The van der Waals surface area contributed by atoms with E-state index in [9.17, 15) is 68.5 Å². The number of hydrogen-bond acceptors (Lipinski definition) is 31. The first-order valence-corrected chi connectivity index (χ1v) is 40.0. The normalized spacial score (nSPS) is 10.3. The van der Waals surface area contributed by atoms with Crippen molar-refractivity contribution >= 4 is 177 Å². The van der Waals surface area contributed by atoms with E-state index in [0.717, 1.165) is 71.2 Å². The molecule has 0 unspecified atom stereocenters. The van der Waals surface area contributed by atoms with Crippen LogP contribution in [0.5, 0.6) is 0 Å². The summed E-state index contributed by atoms with van der Waals surface area (Å²) in [5.41, 5.74) is 20.9. The van der Waals surface area contributed by atoms with Crippen molar-refractivity contribution < 1.29 is 193 Å². The number of nitrogens with one attached hydrogen (secondary N) is 12. The Morgan fingerprint density at radius 3 is 1.38 bits per heavy atom. The molecular formula is C77H94Cl2N22Na2O27S3. The van der Waals surface area contributed by atoms with E-state index in [1.165, 1.54) is 83.0 Å². The number of pyridine rings is 1. The number of aromatic nitrogens is 1. The number of hydrogen-bond donors (Lipinski definition) is 22. The van der Waals surface area contributed by atoms with Gasteiger partial charge in [0.05, 0.1) is 53.3 Å². The van der Waals surface area contributed by atoms with Gasteiger partial charge >= 0.3 is 119 Å². The summed E-state index contributed by atoms with van der Waals surface area (Å²) in [6.07, 6.45) is 3.63. The minimum atomic E-state index is -0.940. The fourth-order valence-electron chi connectivity index (χ4n) is 9.33. The number of benzene rings is 8. The molecule has 9 aromatic rings. The Kier molecular flexibility index (Phi) is 64.4.